The molecule has 1 fully saturated rings. The van der Waals surface area contributed by atoms with Crippen LogP contribution >= 0.6 is 35.0 Å². The van der Waals surface area contributed by atoms with Crippen LogP contribution in [0, 0.1) is 0 Å². The molecule has 41 heavy (non-hydrogen) atoms. The Bertz CT molecular complexity index is 1670. The molecule has 1 aliphatic heterocycles. The van der Waals surface area contributed by atoms with E-state index in [1.807, 2.05) is 35.2 Å². The first-order valence-electron chi connectivity index (χ1n) is 12.6. The summed E-state index contributed by atoms with van der Waals surface area (Å²) >= 11 is 13.6. The van der Waals surface area contributed by atoms with Crippen molar-refractivity contribution >= 4 is 68.2 Å². The minimum atomic E-state index is -3.93. The fourth-order valence-electron chi connectivity index (χ4n) is 4.37. The van der Waals surface area contributed by atoms with Crippen LogP contribution in [-0.4, -0.2) is 37.4 Å². The maximum atomic E-state index is 12.9. The van der Waals surface area contributed by atoms with Crippen molar-refractivity contribution in [2.75, 3.05) is 22.3 Å². The van der Waals surface area contributed by atoms with E-state index in [0.29, 0.717) is 23.5 Å². The molecule has 0 saturated carbocycles. The van der Waals surface area contributed by atoms with Gasteiger partial charge in [0, 0.05) is 17.8 Å². The van der Waals surface area contributed by atoms with E-state index >= 15 is 0 Å². The van der Waals surface area contributed by atoms with Crippen LogP contribution in [0.1, 0.15) is 26.9 Å². The Morgan fingerprint density at radius 1 is 0.902 bits per heavy atom. The number of halogens is 2. The Hall–Kier alpha value is -3.50. The maximum Gasteiger partial charge on any atom is 0.261 e. The average molecular weight is 627 g/mol. The first-order chi connectivity index (χ1) is 19.7. The Morgan fingerprint density at radius 2 is 1.61 bits per heavy atom. The zero-order valence-corrected chi connectivity index (χ0v) is 24.7. The molecule has 4 aromatic carbocycles. The van der Waals surface area contributed by atoms with Gasteiger partial charge in [0.1, 0.15) is 5.37 Å². The summed E-state index contributed by atoms with van der Waals surface area (Å²) in [5, 5.41) is 3.01. The first-order valence-corrected chi connectivity index (χ1v) is 15.9. The average Bonchev–Trinajstić information content (AvgIpc) is 3.35. The van der Waals surface area contributed by atoms with Crippen molar-refractivity contribution in [3.8, 4) is 0 Å². The molecule has 5 rings (SSSR count). The van der Waals surface area contributed by atoms with Crippen LogP contribution in [0.15, 0.2) is 102 Å². The summed E-state index contributed by atoms with van der Waals surface area (Å²) in [4.78, 5) is 27.3. The number of anilines is 2. The second-order valence-electron chi connectivity index (χ2n) is 9.29. The van der Waals surface area contributed by atoms with Crippen molar-refractivity contribution in [3.05, 3.63) is 124 Å². The fraction of sp³-hybridized carbons (Fsp3) is 0.133. The summed E-state index contributed by atoms with van der Waals surface area (Å²) < 4.78 is 28.0. The fourth-order valence-corrected chi connectivity index (χ4v) is 7.07. The van der Waals surface area contributed by atoms with Gasteiger partial charge in [0.15, 0.2) is 0 Å². The van der Waals surface area contributed by atoms with Gasteiger partial charge < -0.3 is 10.2 Å². The molecule has 0 unspecified atom stereocenters. The highest BCUT2D eigenvalue weighted by atomic mass is 35.5. The molecular weight excluding hydrogens is 601 g/mol. The lowest BCUT2D eigenvalue weighted by Crippen LogP contribution is -2.30. The molecule has 0 radical (unpaired) electrons. The van der Waals surface area contributed by atoms with Gasteiger partial charge in [-0.1, -0.05) is 71.7 Å². The highest BCUT2D eigenvalue weighted by molar-refractivity contribution is 8.00. The van der Waals surface area contributed by atoms with Gasteiger partial charge in [-0.2, -0.15) is 0 Å². The van der Waals surface area contributed by atoms with Crippen LogP contribution < -0.4 is 10.0 Å². The summed E-state index contributed by atoms with van der Waals surface area (Å²) in [5.74, 6) is 0.191. The zero-order valence-electron chi connectivity index (χ0n) is 21.6. The van der Waals surface area contributed by atoms with Gasteiger partial charge in [-0.3, -0.25) is 14.3 Å². The number of amides is 2. The number of nitrogens with one attached hydrogen (secondary N) is 2. The van der Waals surface area contributed by atoms with E-state index < -0.39 is 10.0 Å². The number of benzene rings is 4. The van der Waals surface area contributed by atoms with Crippen molar-refractivity contribution in [2.24, 2.45) is 0 Å². The molecule has 210 valence electrons. The number of rotatable bonds is 9. The second-order valence-corrected chi connectivity index (χ2v) is 12.8. The third-order valence-electron chi connectivity index (χ3n) is 6.53. The third-order valence-corrected chi connectivity index (χ3v) is 9.99. The van der Waals surface area contributed by atoms with E-state index in [9.17, 15) is 18.0 Å². The number of nitrogens with zero attached hydrogens (tertiary/aromatic N) is 1. The predicted molar refractivity (Wildman–Crippen MR) is 165 cm³/mol. The number of thioether (sulfide) groups is 1. The molecule has 1 saturated heterocycles. The molecule has 2 N–H and O–H groups in total. The standard InChI is InChI=1S/C30H25Cl2N3O4S2/c31-25-7-4-8-26(28(25)32)34-41(38,39)24-15-13-23(14-16-24)33-29(37)21-9-11-22(12-10-21)30-35(27(36)19-40-30)18-17-20-5-2-1-3-6-20/h1-16,30,34H,17-19H2,(H,33,37)/t30-/m0/s1. The molecule has 0 aliphatic carbocycles. The second kappa shape index (κ2) is 12.6. The third kappa shape index (κ3) is 6.87. The highest BCUT2D eigenvalue weighted by Crippen LogP contribution is 2.38. The van der Waals surface area contributed by atoms with E-state index in [1.165, 1.54) is 35.9 Å². The van der Waals surface area contributed by atoms with Gasteiger partial charge in [-0.25, -0.2) is 8.42 Å². The van der Waals surface area contributed by atoms with Crippen molar-refractivity contribution < 1.29 is 18.0 Å². The molecule has 11 heteroatoms. The molecule has 1 aliphatic rings. The largest absolute Gasteiger partial charge is 0.326 e. The van der Waals surface area contributed by atoms with Crippen molar-refractivity contribution in [2.45, 2.75) is 16.7 Å². The van der Waals surface area contributed by atoms with Gasteiger partial charge in [0.25, 0.3) is 15.9 Å². The molecule has 4 aromatic rings. The van der Waals surface area contributed by atoms with Crippen LogP contribution in [0.3, 0.4) is 0 Å². The Morgan fingerprint density at radius 3 is 2.32 bits per heavy atom. The summed E-state index contributed by atoms with van der Waals surface area (Å²) in [6, 6.07) is 27.7. The normalized spacial score (nSPS) is 15.1. The molecule has 1 atom stereocenters. The van der Waals surface area contributed by atoms with Crippen LogP contribution in [0.4, 0.5) is 11.4 Å². The van der Waals surface area contributed by atoms with E-state index in [2.05, 4.69) is 22.2 Å². The number of hydrogen-bond acceptors (Lipinski definition) is 5. The van der Waals surface area contributed by atoms with Gasteiger partial charge in [-0.15, -0.1) is 11.8 Å². The number of hydrogen-bond donors (Lipinski definition) is 2. The lowest BCUT2D eigenvalue weighted by atomic mass is 10.1. The molecule has 0 bridgehead atoms. The number of carbonyl (C=O) groups excluding carboxylic acids is 2. The SMILES string of the molecule is O=C(Nc1ccc(S(=O)(=O)Nc2cccc(Cl)c2Cl)cc1)c1ccc([C@@H]2SCC(=O)N2CCc2ccccc2)cc1. The van der Waals surface area contributed by atoms with Gasteiger partial charge in [0.05, 0.1) is 26.4 Å². The summed E-state index contributed by atoms with van der Waals surface area (Å²) in [6.07, 6.45) is 0.772. The van der Waals surface area contributed by atoms with Gasteiger partial charge >= 0.3 is 0 Å². The Balaban J connectivity index is 1.21. The van der Waals surface area contributed by atoms with Crippen LogP contribution in [-0.2, 0) is 21.2 Å². The lowest BCUT2D eigenvalue weighted by molar-refractivity contribution is -0.128. The van der Waals surface area contributed by atoms with Crippen LogP contribution in [0.25, 0.3) is 0 Å². The molecule has 0 aromatic heterocycles. The van der Waals surface area contributed by atoms with Gasteiger partial charge in [-0.05, 0) is 66.1 Å². The molecule has 0 spiro atoms. The van der Waals surface area contributed by atoms with Gasteiger partial charge in [0.2, 0.25) is 5.91 Å². The monoisotopic (exact) mass is 625 g/mol. The summed E-state index contributed by atoms with van der Waals surface area (Å²) in [6.45, 7) is 0.621. The van der Waals surface area contributed by atoms with E-state index in [-0.39, 0.29) is 37.8 Å². The summed E-state index contributed by atoms with van der Waals surface area (Å²) in [5.41, 5.74) is 3.16. The predicted octanol–water partition coefficient (Wildman–Crippen LogP) is 6.86. The number of sulfonamides is 1. The van der Waals surface area contributed by atoms with E-state index in [0.717, 1.165) is 12.0 Å². The highest BCUT2D eigenvalue weighted by Gasteiger charge is 2.32. The molecule has 1 heterocycles. The van der Waals surface area contributed by atoms with E-state index in [4.69, 9.17) is 23.2 Å². The van der Waals surface area contributed by atoms with Crippen LogP contribution in [0.5, 0.6) is 0 Å². The van der Waals surface area contributed by atoms with Crippen molar-refractivity contribution in [3.63, 3.8) is 0 Å². The molecule has 7 nitrogen and oxygen atoms in total. The maximum absolute atomic E-state index is 12.9. The van der Waals surface area contributed by atoms with E-state index in [1.54, 1.807) is 36.0 Å². The first kappa shape index (κ1) is 29.0. The Labute approximate surface area is 252 Å². The van der Waals surface area contributed by atoms with Crippen LogP contribution in [0.2, 0.25) is 10.0 Å². The smallest absolute Gasteiger partial charge is 0.261 e. The van der Waals surface area contributed by atoms with Crippen molar-refractivity contribution in [1.29, 1.82) is 0 Å². The Kier molecular flexibility index (Phi) is 8.89. The minimum absolute atomic E-state index is 0.00340. The van der Waals surface area contributed by atoms with Crippen molar-refractivity contribution in [1.82, 2.24) is 4.90 Å². The molecular formula is C30H25Cl2N3O4S2. The minimum Gasteiger partial charge on any atom is -0.326 e. The summed E-state index contributed by atoms with van der Waals surface area (Å²) in [7, 11) is -3.93. The quantitative estimate of drug-likeness (QED) is 0.212. The molecule has 2 amide bonds. The number of carbonyl (C=O) groups is 2. The topological polar surface area (TPSA) is 95.6 Å². The zero-order chi connectivity index (χ0) is 29.0. The lowest BCUT2D eigenvalue weighted by Gasteiger charge is -2.24.